The predicted molar refractivity (Wildman–Crippen MR) is 110 cm³/mol. The maximum absolute atomic E-state index is 13.2. The van der Waals surface area contributed by atoms with Crippen LogP contribution in [0.1, 0.15) is 50.5 Å². The van der Waals surface area contributed by atoms with E-state index < -0.39 is 6.04 Å². The molecule has 0 aliphatic carbocycles. The second kappa shape index (κ2) is 8.37. The van der Waals surface area contributed by atoms with Gasteiger partial charge < -0.3 is 5.32 Å². The molecule has 3 aromatic rings. The molecule has 1 aromatic carbocycles. The van der Waals surface area contributed by atoms with Gasteiger partial charge in [0.15, 0.2) is 0 Å². The third kappa shape index (κ3) is 3.56. The van der Waals surface area contributed by atoms with Gasteiger partial charge in [0.2, 0.25) is 5.91 Å². The summed E-state index contributed by atoms with van der Waals surface area (Å²) in [7, 11) is 0. The minimum Gasteiger partial charge on any atom is -0.354 e. The van der Waals surface area contributed by atoms with Gasteiger partial charge in [-0.25, -0.2) is 9.36 Å². The third-order valence-corrected chi connectivity index (χ3v) is 4.95. The molecular weight excluding hydrogens is 354 g/mol. The Morgan fingerprint density at radius 1 is 1.14 bits per heavy atom. The molecule has 1 amide bonds. The standard InChI is InChI=1S/C21H27N5O2/c1-5-7-13-22-20(27)17(6-2)26-21(28)18-15(4)25(16-11-9-8-10-12-16)24-19(18)14(3)23-26/h8-12,17H,5-7,13H2,1-4H3,(H,22,27)/t17-/m1/s1. The quantitative estimate of drug-likeness (QED) is 0.638. The van der Waals surface area contributed by atoms with Gasteiger partial charge in [-0.3, -0.25) is 9.59 Å². The highest BCUT2D eigenvalue weighted by molar-refractivity contribution is 5.84. The summed E-state index contributed by atoms with van der Waals surface area (Å²) in [6, 6.07) is 9.04. The van der Waals surface area contributed by atoms with Gasteiger partial charge >= 0.3 is 0 Å². The zero-order chi connectivity index (χ0) is 20.3. The Balaban J connectivity index is 2.10. The summed E-state index contributed by atoms with van der Waals surface area (Å²) in [5.74, 6) is -0.169. The number of nitrogens with zero attached hydrogens (tertiary/aromatic N) is 4. The van der Waals surface area contributed by atoms with E-state index in [1.807, 2.05) is 51.1 Å². The Hall–Kier alpha value is -2.96. The van der Waals surface area contributed by atoms with E-state index in [0.717, 1.165) is 24.2 Å². The number of para-hydroxylation sites is 1. The van der Waals surface area contributed by atoms with E-state index in [-0.39, 0.29) is 11.5 Å². The topological polar surface area (TPSA) is 81.8 Å². The van der Waals surface area contributed by atoms with Crippen molar-refractivity contribution in [2.75, 3.05) is 6.54 Å². The maximum Gasteiger partial charge on any atom is 0.278 e. The van der Waals surface area contributed by atoms with Crippen LogP contribution in [0.3, 0.4) is 0 Å². The third-order valence-electron chi connectivity index (χ3n) is 4.95. The van der Waals surface area contributed by atoms with Crippen molar-refractivity contribution in [2.24, 2.45) is 0 Å². The molecule has 2 heterocycles. The van der Waals surface area contributed by atoms with Crippen LogP contribution in [-0.4, -0.2) is 32.0 Å². The largest absolute Gasteiger partial charge is 0.354 e. The number of carbonyl (C=O) groups is 1. The van der Waals surface area contributed by atoms with E-state index in [9.17, 15) is 9.59 Å². The number of aromatic nitrogens is 4. The number of benzene rings is 1. The summed E-state index contributed by atoms with van der Waals surface area (Å²) >= 11 is 0. The van der Waals surface area contributed by atoms with Crippen LogP contribution in [-0.2, 0) is 4.79 Å². The van der Waals surface area contributed by atoms with Crippen molar-refractivity contribution in [1.82, 2.24) is 24.9 Å². The molecule has 2 aromatic heterocycles. The van der Waals surface area contributed by atoms with Crippen molar-refractivity contribution in [3.8, 4) is 5.69 Å². The molecule has 0 aliphatic heterocycles. The minimum absolute atomic E-state index is 0.169. The predicted octanol–water partition coefficient (Wildman–Crippen LogP) is 3.07. The van der Waals surface area contributed by atoms with Gasteiger partial charge in [0, 0.05) is 6.54 Å². The second-order valence-corrected chi connectivity index (χ2v) is 6.96. The van der Waals surface area contributed by atoms with Crippen molar-refractivity contribution in [1.29, 1.82) is 0 Å². The van der Waals surface area contributed by atoms with Crippen LogP contribution in [0, 0.1) is 13.8 Å². The Bertz CT molecular complexity index is 1040. The molecule has 0 aliphatic rings. The van der Waals surface area contributed by atoms with Gasteiger partial charge in [-0.2, -0.15) is 10.2 Å². The molecular formula is C21H27N5O2. The Morgan fingerprint density at radius 2 is 1.86 bits per heavy atom. The number of fused-ring (bicyclic) bond motifs is 1. The molecule has 0 unspecified atom stereocenters. The van der Waals surface area contributed by atoms with E-state index in [0.29, 0.717) is 29.6 Å². The van der Waals surface area contributed by atoms with Gasteiger partial charge in [-0.05, 0) is 38.8 Å². The second-order valence-electron chi connectivity index (χ2n) is 6.96. The molecule has 0 saturated carbocycles. The lowest BCUT2D eigenvalue weighted by Crippen LogP contribution is -2.39. The SMILES string of the molecule is CCCCNC(=O)[C@@H](CC)n1nc(C)c2nn(-c3ccccc3)c(C)c2c1=O. The number of unbranched alkanes of at least 4 members (excludes halogenated alkanes) is 1. The highest BCUT2D eigenvalue weighted by Crippen LogP contribution is 2.21. The molecule has 0 fully saturated rings. The van der Waals surface area contributed by atoms with Crippen LogP contribution >= 0.6 is 0 Å². The molecule has 0 spiro atoms. The summed E-state index contributed by atoms with van der Waals surface area (Å²) in [5, 5.41) is 12.5. The highest BCUT2D eigenvalue weighted by Gasteiger charge is 2.25. The monoisotopic (exact) mass is 381 g/mol. The molecule has 7 nitrogen and oxygen atoms in total. The van der Waals surface area contributed by atoms with Crippen molar-refractivity contribution >= 4 is 16.8 Å². The van der Waals surface area contributed by atoms with Gasteiger partial charge in [0.25, 0.3) is 5.56 Å². The van der Waals surface area contributed by atoms with E-state index in [2.05, 4.69) is 22.4 Å². The number of nitrogens with one attached hydrogen (secondary N) is 1. The van der Waals surface area contributed by atoms with Crippen LogP contribution in [0.2, 0.25) is 0 Å². The Labute approximate surface area is 164 Å². The molecule has 7 heteroatoms. The zero-order valence-electron chi connectivity index (χ0n) is 16.9. The average molecular weight is 381 g/mol. The minimum atomic E-state index is -0.632. The molecule has 1 N–H and O–H groups in total. The molecule has 0 bridgehead atoms. The maximum atomic E-state index is 13.2. The number of aryl methyl sites for hydroxylation is 2. The van der Waals surface area contributed by atoms with E-state index in [1.165, 1.54) is 4.68 Å². The highest BCUT2D eigenvalue weighted by atomic mass is 16.2. The van der Waals surface area contributed by atoms with Crippen LogP contribution < -0.4 is 10.9 Å². The first kappa shape index (κ1) is 19.8. The summed E-state index contributed by atoms with van der Waals surface area (Å²) in [5.41, 5.74) is 2.55. The molecule has 28 heavy (non-hydrogen) atoms. The molecule has 3 rings (SSSR count). The van der Waals surface area contributed by atoms with Crippen molar-refractivity contribution < 1.29 is 4.79 Å². The number of rotatable bonds is 7. The van der Waals surface area contributed by atoms with Crippen LogP contribution in [0.25, 0.3) is 16.6 Å². The van der Waals surface area contributed by atoms with Gasteiger partial charge in [-0.1, -0.05) is 38.5 Å². The first-order valence-corrected chi connectivity index (χ1v) is 9.81. The molecule has 1 atom stereocenters. The number of hydrogen-bond donors (Lipinski definition) is 1. The fourth-order valence-electron chi connectivity index (χ4n) is 3.39. The van der Waals surface area contributed by atoms with Crippen molar-refractivity contribution in [2.45, 2.75) is 53.0 Å². The van der Waals surface area contributed by atoms with Gasteiger partial charge in [-0.15, -0.1) is 0 Å². The van der Waals surface area contributed by atoms with E-state index >= 15 is 0 Å². The van der Waals surface area contributed by atoms with E-state index in [4.69, 9.17) is 0 Å². The fourth-order valence-corrected chi connectivity index (χ4v) is 3.39. The van der Waals surface area contributed by atoms with Crippen LogP contribution in [0.4, 0.5) is 0 Å². The Morgan fingerprint density at radius 3 is 2.50 bits per heavy atom. The van der Waals surface area contributed by atoms with Crippen LogP contribution in [0.5, 0.6) is 0 Å². The molecule has 0 saturated heterocycles. The Kier molecular flexibility index (Phi) is 5.92. The lowest BCUT2D eigenvalue weighted by molar-refractivity contribution is -0.124. The normalized spacial score (nSPS) is 12.3. The first-order valence-electron chi connectivity index (χ1n) is 9.81. The zero-order valence-corrected chi connectivity index (χ0v) is 16.9. The van der Waals surface area contributed by atoms with Gasteiger partial charge in [0.05, 0.1) is 22.5 Å². The molecule has 0 radical (unpaired) electrons. The summed E-state index contributed by atoms with van der Waals surface area (Å²) in [6.07, 6.45) is 2.39. The summed E-state index contributed by atoms with van der Waals surface area (Å²) in [6.45, 7) is 8.25. The molecule has 148 valence electrons. The van der Waals surface area contributed by atoms with Crippen LogP contribution in [0.15, 0.2) is 35.1 Å². The number of carbonyl (C=O) groups excluding carboxylic acids is 1. The van der Waals surface area contributed by atoms with Crippen molar-refractivity contribution in [3.63, 3.8) is 0 Å². The summed E-state index contributed by atoms with van der Waals surface area (Å²) in [4.78, 5) is 25.9. The summed E-state index contributed by atoms with van der Waals surface area (Å²) < 4.78 is 3.08. The number of amides is 1. The number of hydrogen-bond acceptors (Lipinski definition) is 4. The average Bonchev–Trinajstić information content (AvgIpc) is 3.05. The van der Waals surface area contributed by atoms with E-state index in [1.54, 1.807) is 4.68 Å². The fraction of sp³-hybridized carbons (Fsp3) is 0.429. The lowest BCUT2D eigenvalue weighted by atomic mass is 10.2. The smallest absolute Gasteiger partial charge is 0.278 e. The first-order chi connectivity index (χ1) is 13.5. The lowest BCUT2D eigenvalue weighted by Gasteiger charge is -2.17. The van der Waals surface area contributed by atoms with Crippen molar-refractivity contribution in [3.05, 3.63) is 52.1 Å². The van der Waals surface area contributed by atoms with Gasteiger partial charge in [0.1, 0.15) is 11.6 Å².